The van der Waals surface area contributed by atoms with Crippen LogP contribution in [0.4, 0.5) is 0 Å². The van der Waals surface area contributed by atoms with Crippen LogP contribution in [0.2, 0.25) is 5.02 Å². The van der Waals surface area contributed by atoms with Gasteiger partial charge in [0, 0.05) is 18.1 Å². The molecule has 32 heavy (non-hydrogen) atoms. The molecule has 1 amide bonds. The third kappa shape index (κ3) is 6.61. The van der Waals surface area contributed by atoms with E-state index in [-0.39, 0.29) is 18.3 Å². The lowest BCUT2D eigenvalue weighted by Crippen LogP contribution is -2.27. The fourth-order valence-corrected chi connectivity index (χ4v) is 4.06. The maximum absolute atomic E-state index is 12.2. The minimum absolute atomic E-state index is 0.0380. The van der Waals surface area contributed by atoms with Gasteiger partial charge in [-0.2, -0.15) is 0 Å². The largest absolute Gasteiger partial charge is 0.486 e. The van der Waals surface area contributed by atoms with E-state index in [0.717, 1.165) is 28.3 Å². The average molecular weight is 471 g/mol. The second-order valence-electron chi connectivity index (χ2n) is 7.33. The zero-order chi connectivity index (χ0) is 22.9. The third-order valence-electron chi connectivity index (χ3n) is 4.79. The van der Waals surface area contributed by atoms with Crippen molar-refractivity contribution in [2.24, 2.45) is 0 Å². The molecule has 1 heterocycles. The van der Waals surface area contributed by atoms with Crippen LogP contribution in [0.5, 0.6) is 5.75 Å². The van der Waals surface area contributed by atoms with Gasteiger partial charge >= 0.3 is 0 Å². The van der Waals surface area contributed by atoms with Crippen LogP contribution in [0.25, 0.3) is 0 Å². The lowest BCUT2D eigenvalue weighted by atomic mass is 10.1. The molecule has 0 fully saturated rings. The summed E-state index contributed by atoms with van der Waals surface area (Å²) >= 11 is 7.58. The van der Waals surface area contributed by atoms with Gasteiger partial charge in [0.2, 0.25) is 5.91 Å². The quantitative estimate of drug-likeness (QED) is 0.323. The number of carbonyl (C=O) groups excluding carboxylic acids is 1. The first-order valence-corrected chi connectivity index (χ1v) is 11.7. The number of allylic oxidation sites excluding steroid dienone is 1. The second kappa shape index (κ2) is 11.7. The van der Waals surface area contributed by atoms with E-state index in [1.54, 1.807) is 6.08 Å². The number of ether oxygens (including phenoxy) is 1. The van der Waals surface area contributed by atoms with Gasteiger partial charge in [-0.3, -0.25) is 9.36 Å². The number of hydrogen-bond donors (Lipinski definition) is 1. The van der Waals surface area contributed by atoms with Crippen molar-refractivity contribution < 1.29 is 9.53 Å². The number of aryl methyl sites for hydroxylation is 2. The van der Waals surface area contributed by atoms with Crippen LogP contribution < -0.4 is 10.1 Å². The maximum Gasteiger partial charge on any atom is 0.230 e. The van der Waals surface area contributed by atoms with Gasteiger partial charge in [0.05, 0.1) is 5.75 Å². The molecule has 0 unspecified atom stereocenters. The highest BCUT2D eigenvalue weighted by atomic mass is 35.5. The summed E-state index contributed by atoms with van der Waals surface area (Å²) in [5, 5.41) is 12.8. The fraction of sp³-hybridized carbons (Fsp3) is 0.292. The Bertz CT molecular complexity index is 1050. The molecule has 0 saturated carbocycles. The molecule has 0 saturated heterocycles. The molecule has 168 valence electrons. The molecular formula is C24H27ClN4O2S. The smallest absolute Gasteiger partial charge is 0.230 e. The molecule has 0 bridgehead atoms. The van der Waals surface area contributed by atoms with E-state index in [1.165, 1.54) is 17.3 Å². The zero-order valence-corrected chi connectivity index (χ0v) is 19.9. The van der Waals surface area contributed by atoms with Crippen molar-refractivity contribution in [1.29, 1.82) is 0 Å². The third-order valence-corrected chi connectivity index (χ3v) is 6.36. The van der Waals surface area contributed by atoms with Crippen molar-refractivity contribution >= 4 is 29.3 Å². The lowest BCUT2D eigenvalue weighted by molar-refractivity contribution is -0.118. The average Bonchev–Trinajstić information content (AvgIpc) is 3.17. The summed E-state index contributed by atoms with van der Waals surface area (Å²) in [4.78, 5) is 12.2. The van der Waals surface area contributed by atoms with Gasteiger partial charge in [-0.1, -0.05) is 59.8 Å². The molecule has 0 aliphatic carbocycles. The number of aromatic nitrogens is 3. The molecule has 0 radical (unpaired) electrons. The van der Waals surface area contributed by atoms with Crippen molar-refractivity contribution in [2.75, 3.05) is 12.3 Å². The molecule has 0 aliphatic heterocycles. The molecule has 0 atom stereocenters. The van der Waals surface area contributed by atoms with Crippen LogP contribution >= 0.6 is 23.4 Å². The Hall–Kier alpha value is -2.77. The topological polar surface area (TPSA) is 69.0 Å². The highest BCUT2D eigenvalue weighted by Crippen LogP contribution is 2.26. The molecule has 0 spiro atoms. The van der Waals surface area contributed by atoms with Gasteiger partial charge in [-0.05, 0) is 49.1 Å². The van der Waals surface area contributed by atoms with Crippen LogP contribution in [-0.4, -0.2) is 33.0 Å². The van der Waals surface area contributed by atoms with E-state index >= 15 is 0 Å². The number of halogens is 1. The number of benzene rings is 2. The van der Waals surface area contributed by atoms with Crippen LogP contribution in [0.15, 0.2) is 60.3 Å². The highest BCUT2D eigenvalue weighted by Gasteiger charge is 2.14. The summed E-state index contributed by atoms with van der Waals surface area (Å²) in [7, 11) is 0. The van der Waals surface area contributed by atoms with E-state index in [9.17, 15) is 4.79 Å². The van der Waals surface area contributed by atoms with E-state index in [0.29, 0.717) is 24.1 Å². The summed E-state index contributed by atoms with van der Waals surface area (Å²) in [6.07, 6.45) is 2.57. The monoisotopic (exact) mass is 470 g/mol. The van der Waals surface area contributed by atoms with E-state index in [1.807, 2.05) is 48.7 Å². The number of carbonyl (C=O) groups is 1. The van der Waals surface area contributed by atoms with Crippen LogP contribution in [0.1, 0.15) is 22.5 Å². The van der Waals surface area contributed by atoms with Gasteiger partial charge in [0.1, 0.15) is 12.4 Å². The Morgan fingerprint density at radius 3 is 2.62 bits per heavy atom. The standard InChI is InChI=1S/C24H27ClN4O2S/c1-4-12-29-21(15-31-20-13-17(2)23(25)18(3)14-20)27-28-24(29)32-16-22(30)26-11-10-19-8-6-5-7-9-19/h4-9,13-14H,1,10-12,15-16H2,2-3H3,(H,26,30). The number of hydrogen-bond acceptors (Lipinski definition) is 5. The van der Waals surface area contributed by atoms with E-state index < -0.39 is 0 Å². The molecule has 0 aliphatic rings. The molecule has 3 rings (SSSR count). The summed E-state index contributed by atoms with van der Waals surface area (Å²) < 4.78 is 7.83. The number of rotatable bonds is 11. The normalized spacial score (nSPS) is 10.7. The Morgan fingerprint density at radius 1 is 1.22 bits per heavy atom. The first kappa shape index (κ1) is 23.9. The van der Waals surface area contributed by atoms with Crippen molar-refractivity contribution in [3.63, 3.8) is 0 Å². The summed E-state index contributed by atoms with van der Waals surface area (Å²) in [6.45, 7) is 9.09. The molecule has 1 N–H and O–H groups in total. The van der Waals surface area contributed by atoms with Crippen molar-refractivity contribution in [3.05, 3.63) is 82.7 Å². The second-order valence-corrected chi connectivity index (χ2v) is 8.65. The van der Waals surface area contributed by atoms with E-state index in [4.69, 9.17) is 16.3 Å². The van der Waals surface area contributed by atoms with Crippen LogP contribution in [-0.2, 0) is 24.4 Å². The van der Waals surface area contributed by atoms with Gasteiger partial charge < -0.3 is 10.1 Å². The maximum atomic E-state index is 12.2. The van der Waals surface area contributed by atoms with Gasteiger partial charge in [0.15, 0.2) is 11.0 Å². The van der Waals surface area contributed by atoms with Gasteiger partial charge in [0.25, 0.3) is 0 Å². The van der Waals surface area contributed by atoms with Gasteiger partial charge in [-0.15, -0.1) is 16.8 Å². The molecule has 6 nitrogen and oxygen atoms in total. The Morgan fingerprint density at radius 2 is 1.94 bits per heavy atom. The summed E-state index contributed by atoms with van der Waals surface area (Å²) in [5.74, 6) is 1.62. The fourth-order valence-electron chi connectivity index (χ4n) is 3.15. The number of nitrogens with one attached hydrogen (secondary N) is 1. The summed E-state index contributed by atoms with van der Waals surface area (Å²) in [5.41, 5.74) is 3.12. The first-order chi connectivity index (χ1) is 15.5. The van der Waals surface area contributed by atoms with Crippen molar-refractivity contribution in [1.82, 2.24) is 20.1 Å². The lowest BCUT2D eigenvalue weighted by Gasteiger charge is -2.11. The molecule has 1 aromatic heterocycles. The zero-order valence-electron chi connectivity index (χ0n) is 18.3. The minimum Gasteiger partial charge on any atom is -0.486 e. The molecule has 8 heteroatoms. The van der Waals surface area contributed by atoms with Crippen molar-refractivity contribution in [3.8, 4) is 5.75 Å². The highest BCUT2D eigenvalue weighted by molar-refractivity contribution is 7.99. The number of amides is 1. The number of nitrogens with zero attached hydrogens (tertiary/aromatic N) is 3. The first-order valence-electron chi connectivity index (χ1n) is 10.3. The number of thioether (sulfide) groups is 1. The summed E-state index contributed by atoms with van der Waals surface area (Å²) in [6, 6.07) is 13.9. The molecular weight excluding hydrogens is 444 g/mol. The minimum atomic E-state index is -0.0380. The predicted octanol–water partition coefficient (Wildman–Crippen LogP) is 4.76. The Labute approximate surface area is 198 Å². The van der Waals surface area contributed by atoms with Crippen LogP contribution in [0, 0.1) is 13.8 Å². The van der Waals surface area contributed by atoms with Crippen LogP contribution in [0.3, 0.4) is 0 Å². The van der Waals surface area contributed by atoms with E-state index in [2.05, 4.69) is 34.2 Å². The predicted molar refractivity (Wildman–Crippen MR) is 129 cm³/mol. The Kier molecular flexibility index (Phi) is 8.76. The molecule has 3 aromatic rings. The molecule has 2 aromatic carbocycles. The van der Waals surface area contributed by atoms with Crippen molar-refractivity contribution in [2.45, 2.75) is 38.6 Å². The SMILES string of the molecule is C=CCn1c(COc2cc(C)c(Cl)c(C)c2)nnc1SCC(=O)NCCc1ccccc1. The Balaban J connectivity index is 1.54. The van der Waals surface area contributed by atoms with Gasteiger partial charge in [-0.25, -0.2) is 0 Å².